The lowest BCUT2D eigenvalue weighted by Crippen LogP contribution is -2.14. The van der Waals surface area contributed by atoms with Gasteiger partial charge in [0.05, 0.1) is 0 Å². The first-order valence-electron chi connectivity index (χ1n) is 6.88. The molecule has 3 N–H and O–H groups in total. The molecule has 0 radical (unpaired) electrons. The lowest BCUT2D eigenvalue weighted by Gasteiger charge is -2.04. The SMILES string of the molecule is NCCCCCCCCNCc1ccccc1. The van der Waals surface area contributed by atoms with Crippen molar-refractivity contribution in [2.75, 3.05) is 13.1 Å². The van der Waals surface area contributed by atoms with Crippen LogP contribution in [0.15, 0.2) is 30.3 Å². The molecule has 0 unspecified atom stereocenters. The predicted molar refractivity (Wildman–Crippen MR) is 74.9 cm³/mol. The third-order valence-electron chi connectivity index (χ3n) is 2.98. The Balaban J connectivity index is 1.85. The fourth-order valence-corrected chi connectivity index (χ4v) is 1.93. The zero-order valence-corrected chi connectivity index (χ0v) is 10.8. The molecule has 0 amide bonds. The van der Waals surface area contributed by atoms with E-state index in [2.05, 4.69) is 35.6 Å². The second kappa shape index (κ2) is 10.3. The van der Waals surface area contributed by atoms with Crippen LogP contribution in [0.5, 0.6) is 0 Å². The number of benzene rings is 1. The van der Waals surface area contributed by atoms with E-state index in [1.165, 1.54) is 44.1 Å². The minimum atomic E-state index is 0.846. The van der Waals surface area contributed by atoms with E-state index in [4.69, 9.17) is 5.73 Å². The largest absolute Gasteiger partial charge is 0.330 e. The maximum absolute atomic E-state index is 5.45. The molecular weight excluding hydrogens is 208 g/mol. The summed E-state index contributed by atoms with van der Waals surface area (Å²) >= 11 is 0. The van der Waals surface area contributed by atoms with Crippen molar-refractivity contribution >= 4 is 0 Å². The van der Waals surface area contributed by atoms with Crippen LogP contribution in [0.3, 0.4) is 0 Å². The average Bonchev–Trinajstić information content (AvgIpc) is 2.38. The molecule has 0 aromatic heterocycles. The molecule has 0 bridgehead atoms. The summed E-state index contributed by atoms with van der Waals surface area (Å²) in [4.78, 5) is 0. The van der Waals surface area contributed by atoms with Crippen molar-refractivity contribution < 1.29 is 0 Å². The monoisotopic (exact) mass is 234 g/mol. The van der Waals surface area contributed by atoms with Gasteiger partial charge in [-0.15, -0.1) is 0 Å². The molecule has 0 aliphatic rings. The predicted octanol–water partition coefficient (Wildman–Crippen LogP) is 3.08. The highest BCUT2D eigenvalue weighted by atomic mass is 14.8. The van der Waals surface area contributed by atoms with E-state index < -0.39 is 0 Å². The van der Waals surface area contributed by atoms with Gasteiger partial charge in [0, 0.05) is 6.54 Å². The molecule has 1 aromatic rings. The summed E-state index contributed by atoms with van der Waals surface area (Å²) in [5.41, 5.74) is 6.83. The highest BCUT2D eigenvalue weighted by molar-refractivity contribution is 5.14. The van der Waals surface area contributed by atoms with Crippen molar-refractivity contribution in [3.63, 3.8) is 0 Å². The Morgan fingerprint density at radius 3 is 2.18 bits per heavy atom. The second-order valence-electron chi connectivity index (χ2n) is 4.57. The normalized spacial score (nSPS) is 10.6. The Labute approximate surface area is 106 Å². The van der Waals surface area contributed by atoms with Gasteiger partial charge in [-0.05, 0) is 31.5 Å². The van der Waals surface area contributed by atoms with Crippen LogP contribution in [0, 0.1) is 0 Å². The fraction of sp³-hybridized carbons (Fsp3) is 0.600. The Morgan fingerprint density at radius 2 is 1.47 bits per heavy atom. The van der Waals surface area contributed by atoms with E-state index in [0.717, 1.165) is 19.6 Å². The molecule has 17 heavy (non-hydrogen) atoms. The lowest BCUT2D eigenvalue weighted by molar-refractivity contribution is 0.567. The topological polar surface area (TPSA) is 38.0 Å². The number of rotatable bonds is 10. The van der Waals surface area contributed by atoms with E-state index in [0.29, 0.717) is 0 Å². The Kier molecular flexibility index (Phi) is 8.61. The van der Waals surface area contributed by atoms with Crippen molar-refractivity contribution in [3.8, 4) is 0 Å². The molecule has 0 aliphatic heterocycles. The molecule has 0 heterocycles. The maximum atomic E-state index is 5.45. The minimum Gasteiger partial charge on any atom is -0.330 e. The Hall–Kier alpha value is -0.860. The molecule has 0 saturated carbocycles. The number of hydrogen-bond donors (Lipinski definition) is 2. The van der Waals surface area contributed by atoms with Crippen LogP contribution in [0.2, 0.25) is 0 Å². The quantitative estimate of drug-likeness (QED) is 0.611. The first-order valence-corrected chi connectivity index (χ1v) is 6.88. The zero-order chi connectivity index (χ0) is 12.2. The van der Waals surface area contributed by atoms with Gasteiger partial charge in [0.15, 0.2) is 0 Å². The van der Waals surface area contributed by atoms with Gasteiger partial charge < -0.3 is 11.1 Å². The summed E-state index contributed by atoms with van der Waals surface area (Å²) in [5.74, 6) is 0. The molecule has 96 valence electrons. The van der Waals surface area contributed by atoms with Gasteiger partial charge in [-0.3, -0.25) is 0 Å². The van der Waals surface area contributed by atoms with E-state index in [1.54, 1.807) is 0 Å². The van der Waals surface area contributed by atoms with Gasteiger partial charge in [0.1, 0.15) is 0 Å². The van der Waals surface area contributed by atoms with Gasteiger partial charge in [-0.25, -0.2) is 0 Å². The summed E-state index contributed by atoms with van der Waals surface area (Å²) in [6.07, 6.45) is 7.81. The Morgan fingerprint density at radius 1 is 0.824 bits per heavy atom. The average molecular weight is 234 g/mol. The van der Waals surface area contributed by atoms with Gasteiger partial charge in [0.25, 0.3) is 0 Å². The van der Waals surface area contributed by atoms with Gasteiger partial charge in [-0.2, -0.15) is 0 Å². The number of nitrogens with two attached hydrogens (primary N) is 1. The number of nitrogens with one attached hydrogen (secondary N) is 1. The molecule has 0 fully saturated rings. The van der Waals surface area contributed by atoms with E-state index in [1.807, 2.05) is 0 Å². The third-order valence-corrected chi connectivity index (χ3v) is 2.98. The van der Waals surface area contributed by atoms with Crippen molar-refractivity contribution in [2.45, 2.75) is 45.1 Å². The maximum Gasteiger partial charge on any atom is 0.0205 e. The standard InChI is InChI=1S/C15H26N2/c16-12-8-3-1-2-4-9-13-17-14-15-10-6-5-7-11-15/h5-7,10-11,17H,1-4,8-9,12-14,16H2. The summed E-state index contributed by atoms with van der Waals surface area (Å²) < 4.78 is 0. The van der Waals surface area contributed by atoms with Crippen LogP contribution >= 0.6 is 0 Å². The number of hydrogen-bond acceptors (Lipinski definition) is 2. The van der Waals surface area contributed by atoms with Crippen LogP contribution in [-0.2, 0) is 6.54 Å². The fourth-order valence-electron chi connectivity index (χ4n) is 1.93. The second-order valence-corrected chi connectivity index (χ2v) is 4.57. The first kappa shape index (κ1) is 14.2. The van der Waals surface area contributed by atoms with Gasteiger partial charge in [-0.1, -0.05) is 56.0 Å². The summed E-state index contributed by atoms with van der Waals surface area (Å²) in [5, 5.41) is 3.48. The molecule has 0 aliphatic carbocycles. The van der Waals surface area contributed by atoms with E-state index in [-0.39, 0.29) is 0 Å². The molecule has 2 nitrogen and oxygen atoms in total. The molecular formula is C15H26N2. The number of unbranched alkanes of at least 4 members (excludes halogenated alkanes) is 5. The first-order chi connectivity index (χ1) is 8.43. The molecule has 0 atom stereocenters. The lowest BCUT2D eigenvalue weighted by atomic mass is 10.1. The molecule has 1 rings (SSSR count). The summed E-state index contributed by atoms with van der Waals surface area (Å²) in [6, 6.07) is 10.6. The summed E-state index contributed by atoms with van der Waals surface area (Å²) in [7, 11) is 0. The van der Waals surface area contributed by atoms with Crippen molar-refractivity contribution in [1.82, 2.24) is 5.32 Å². The molecule has 1 aromatic carbocycles. The van der Waals surface area contributed by atoms with Crippen molar-refractivity contribution in [3.05, 3.63) is 35.9 Å². The summed E-state index contributed by atoms with van der Waals surface area (Å²) in [6.45, 7) is 2.97. The molecule has 0 spiro atoms. The van der Waals surface area contributed by atoms with Crippen molar-refractivity contribution in [2.24, 2.45) is 5.73 Å². The van der Waals surface area contributed by atoms with Crippen LogP contribution in [0.1, 0.15) is 44.1 Å². The molecule has 0 saturated heterocycles. The van der Waals surface area contributed by atoms with Crippen LogP contribution in [-0.4, -0.2) is 13.1 Å². The van der Waals surface area contributed by atoms with E-state index in [9.17, 15) is 0 Å². The zero-order valence-electron chi connectivity index (χ0n) is 10.8. The third kappa shape index (κ3) is 7.94. The van der Waals surface area contributed by atoms with Crippen LogP contribution in [0.25, 0.3) is 0 Å². The highest BCUT2D eigenvalue weighted by Crippen LogP contribution is 2.04. The van der Waals surface area contributed by atoms with Crippen molar-refractivity contribution in [1.29, 1.82) is 0 Å². The van der Waals surface area contributed by atoms with Crippen LogP contribution < -0.4 is 11.1 Å². The highest BCUT2D eigenvalue weighted by Gasteiger charge is 1.92. The minimum absolute atomic E-state index is 0.846. The Bertz CT molecular complexity index is 259. The molecule has 2 heteroatoms. The van der Waals surface area contributed by atoms with Gasteiger partial charge in [0.2, 0.25) is 0 Å². The van der Waals surface area contributed by atoms with Gasteiger partial charge >= 0.3 is 0 Å². The van der Waals surface area contributed by atoms with Crippen LogP contribution in [0.4, 0.5) is 0 Å². The van der Waals surface area contributed by atoms with E-state index >= 15 is 0 Å². The smallest absolute Gasteiger partial charge is 0.0205 e.